The van der Waals surface area contributed by atoms with Gasteiger partial charge in [0.1, 0.15) is 0 Å². The molecule has 0 spiro atoms. The fourth-order valence-electron chi connectivity index (χ4n) is 2.66. The lowest BCUT2D eigenvalue weighted by molar-refractivity contribution is 0.607. The van der Waals surface area contributed by atoms with Crippen LogP contribution < -0.4 is 10.2 Å². The standard InChI is InChI=1S/C15H22N2/c1-2-5-15-14(4-1)8-11-17(15)10-3-9-16-12-13-6-7-13/h1-2,4-5,13,16H,3,6-12H2. The summed E-state index contributed by atoms with van der Waals surface area (Å²) in [5.74, 6) is 1.00. The van der Waals surface area contributed by atoms with Crippen LogP contribution in [-0.2, 0) is 6.42 Å². The SMILES string of the molecule is c1ccc2c(c1)CCN2CCCNCC1CC1. The number of anilines is 1. The number of rotatable bonds is 6. The second-order valence-electron chi connectivity index (χ2n) is 5.37. The van der Waals surface area contributed by atoms with Gasteiger partial charge in [0.2, 0.25) is 0 Å². The zero-order valence-corrected chi connectivity index (χ0v) is 10.5. The van der Waals surface area contributed by atoms with Crippen molar-refractivity contribution in [2.45, 2.75) is 25.7 Å². The maximum Gasteiger partial charge on any atom is 0.0399 e. The van der Waals surface area contributed by atoms with E-state index in [0.29, 0.717) is 0 Å². The van der Waals surface area contributed by atoms with E-state index in [4.69, 9.17) is 0 Å². The molecule has 1 aromatic rings. The summed E-state index contributed by atoms with van der Waals surface area (Å²) in [7, 11) is 0. The lowest BCUT2D eigenvalue weighted by atomic mass is 10.2. The summed E-state index contributed by atoms with van der Waals surface area (Å²) < 4.78 is 0. The highest BCUT2D eigenvalue weighted by molar-refractivity contribution is 5.57. The van der Waals surface area contributed by atoms with Crippen molar-refractivity contribution in [3.63, 3.8) is 0 Å². The number of nitrogens with one attached hydrogen (secondary N) is 1. The van der Waals surface area contributed by atoms with Crippen molar-refractivity contribution in [2.75, 3.05) is 31.1 Å². The highest BCUT2D eigenvalue weighted by Gasteiger charge is 2.20. The molecular weight excluding hydrogens is 208 g/mol. The van der Waals surface area contributed by atoms with E-state index in [9.17, 15) is 0 Å². The van der Waals surface area contributed by atoms with E-state index in [-0.39, 0.29) is 0 Å². The van der Waals surface area contributed by atoms with Crippen LogP contribution in [0.4, 0.5) is 5.69 Å². The third-order valence-electron chi connectivity index (χ3n) is 3.89. The Hall–Kier alpha value is -1.02. The molecule has 3 rings (SSSR count). The molecule has 92 valence electrons. The number of nitrogens with zero attached hydrogens (tertiary/aromatic N) is 1. The lowest BCUT2D eigenvalue weighted by Crippen LogP contribution is -2.26. The Morgan fingerprint density at radius 2 is 2.12 bits per heavy atom. The van der Waals surface area contributed by atoms with Crippen molar-refractivity contribution in [1.82, 2.24) is 5.32 Å². The Bertz CT molecular complexity index is 371. The molecule has 1 heterocycles. The monoisotopic (exact) mass is 230 g/mol. The minimum atomic E-state index is 1.00. The van der Waals surface area contributed by atoms with Crippen molar-refractivity contribution >= 4 is 5.69 Å². The molecule has 1 N–H and O–H groups in total. The van der Waals surface area contributed by atoms with Crippen LogP contribution in [0.25, 0.3) is 0 Å². The van der Waals surface area contributed by atoms with Gasteiger partial charge in [-0.3, -0.25) is 0 Å². The highest BCUT2D eigenvalue weighted by atomic mass is 15.1. The Balaban J connectivity index is 1.40. The average molecular weight is 230 g/mol. The number of para-hydroxylation sites is 1. The van der Waals surface area contributed by atoms with Crippen LogP contribution in [0.5, 0.6) is 0 Å². The number of hydrogen-bond donors (Lipinski definition) is 1. The zero-order chi connectivity index (χ0) is 11.5. The van der Waals surface area contributed by atoms with Gasteiger partial charge >= 0.3 is 0 Å². The number of benzene rings is 1. The summed E-state index contributed by atoms with van der Waals surface area (Å²) in [4.78, 5) is 2.54. The van der Waals surface area contributed by atoms with Crippen molar-refractivity contribution in [3.8, 4) is 0 Å². The van der Waals surface area contributed by atoms with E-state index in [1.54, 1.807) is 0 Å². The van der Waals surface area contributed by atoms with Crippen LogP contribution in [0.15, 0.2) is 24.3 Å². The summed E-state index contributed by atoms with van der Waals surface area (Å²) in [6.45, 7) is 4.84. The topological polar surface area (TPSA) is 15.3 Å². The molecule has 0 amide bonds. The maximum atomic E-state index is 3.57. The second kappa shape index (κ2) is 5.09. The van der Waals surface area contributed by atoms with Gasteiger partial charge in [0.05, 0.1) is 0 Å². The van der Waals surface area contributed by atoms with Gasteiger partial charge in [0, 0.05) is 18.8 Å². The molecule has 0 aromatic heterocycles. The third kappa shape index (κ3) is 2.81. The summed E-state index contributed by atoms with van der Waals surface area (Å²) in [5.41, 5.74) is 2.99. The Kier molecular flexibility index (Phi) is 3.32. The highest BCUT2D eigenvalue weighted by Crippen LogP contribution is 2.28. The molecule has 0 atom stereocenters. The zero-order valence-electron chi connectivity index (χ0n) is 10.5. The predicted molar refractivity (Wildman–Crippen MR) is 72.6 cm³/mol. The molecule has 0 unspecified atom stereocenters. The van der Waals surface area contributed by atoms with E-state index < -0.39 is 0 Å². The molecule has 1 aliphatic carbocycles. The second-order valence-corrected chi connectivity index (χ2v) is 5.37. The molecule has 0 radical (unpaired) electrons. The van der Waals surface area contributed by atoms with Crippen LogP contribution in [0.3, 0.4) is 0 Å². The van der Waals surface area contributed by atoms with Gasteiger partial charge in [-0.2, -0.15) is 0 Å². The first-order chi connectivity index (χ1) is 8.43. The predicted octanol–water partition coefficient (Wildman–Crippen LogP) is 2.44. The van der Waals surface area contributed by atoms with E-state index in [1.807, 2.05) is 0 Å². The van der Waals surface area contributed by atoms with Gasteiger partial charge in [-0.15, -0.1) is 0 Å². The molecule has 2 nitrogen and oxygen atoms in total. The summed E-state index contributed by atoms with van der Waals surface area (Å²) >= 11 is 0. The van der Waals surface area contributed by atoms with Gasteiger partial charge < -0.3 is 10.2 Å². The molecule has 2 heteroatoms. The van der Waals surface area contributed by atoms with Gasteiger partial charge in [-0.1, -0.05) is 18.2 Å². The van der Waals surface area contributed by atoms with Crippen LogP contribution in [0, 0.1) is 5.92 Å². The van der Waals surface area contributed by atoms with Crippen LogP contribution in [-0.4, -0.2) is 26.2 Å². The molecule has 0 bridgehead atoms. The Morgan fingerprint density at radius 3 is 3.00 bits per heavy atom. The van der Waals surface area contributed by atoms with Crippen molar-refractivity contribution < 1.29 is 0 Å². The molecule has 1 aliphatic heterocycles. The fraction of sp³-hybridized carbons (Fsp3) is 0.600. The van der Waals surface area contributed by atoms with Crippen LogP contribution in [0.2, 0.25) is 0 Å². The summed E-state index contributed by atoms with van der Waals surface area (Å²) in [6, 6.07) is 8.84. The first-order valence-corrected chi connectivity index (χ1v) is 6.97. The van der Waals surface area contributed by atoms with Gasteiger partial charge in [0.15, 0.2) is 0 Å². The van der Waals surface area contributed by atoms with Gasteiger partial charge in [-0.25, -0.2) is 0 Å². The summed E-state index contributed by atoms with van der Waals surface area (Å²) in [6.07, 6.45) is 5.39. The first-order valence-electron chi connectivity index (χ1n) is 6.97. The van der Waals surface area contributed by atoms with E-state index in [0.717, 1.165) is 5.92 Å². The maximum absolute atomic E-state index is 3.57. The molecule has 2 aliphatic rings. The lowest BCUT2D eigenvalue weighted by Gasteiger charge is -2.19. The molecule has 1 aromatic carbocycles. The fourth-order valence-corrected chi connectivity index (χ4v) is 2.66. The largest absolute Gasteiger partial charge is 0.371 e. The van der Waals surface area contributed by atoms with Crippen LogP contribution in [0.1, 0.15) is 24.8 Å². The third-order valence-corrected chi connectivity index (χ3v) is 3.89. The van der Waals surface area contributed by atoms with Crippen molar-refractivity contribution in [3.05, 3.63) is 29.8 Å². The van der Waals surface area contributed by atoms with E-state index in [1.165, 1.54) is 63.1 Å². The van der Waals surface area contributed by atoms with Gasteiger partial charge in [-0.05, 0) is 56.3 Å². The van der Waals surface area contributed by atoms with Gasteiger partial charge in [0.25, 0.3) is 0 Å². The molecule has 17 heavy (non-hydrogen) atoms. The van der Waals surface area contributed by atoms with E-state index in [2.05, 4.69) is 34.5 Å². The van der Waals surface area contributed by atoms with Crippen molar-refractivity contribution in [1.29, 1.82) is 0 Å². The molecular formula is C15H22N2. The first kappa shape index (κ1) is 11.1. The van der Waals surface area contributed by atoms with Crippen molar-refractivity contribution in [2.24, 2.45) is 5.92 Å². The number of hydrogen-bond acceptors (Lipinski definition) is 2. The molecule has 1 saturated carbocycles. The minimum absolute atomic E-state index is 1.00. The Labute approximate surface area is 104 Å². The quantitative estimate of drug-likeness (QED) is 0.755. The molecule has 0 saturated heterocycles. The Morgan fingerprint density at radius 1 is 1.24 bits per heavy atom. The smallest absolute Gasteiger partial charge is 0.0399 e. The van der Waals surface area contributed by atoms with E-state index >= 15 is 0 Å². The number of fused-ring (bicyclic) bond motifs is 1. The average Bonchev–Trinajstić information content (AvgIpc) is 3.09. The normalized spacial score (nSPS) is 18.5. The van der Waals surface area contributed by atoms with Crippen LogP contribution >= 0.6 is 0 Å². The minimum Gasteiger partial charge on any atom is -0.371 e. The summed E-state index contributed by atoms with van der Waals surface area (Å²) in [5, 5.41) is 3.57. The molecule has 1 fully saturated rings.